The molecule has 1 atom stereocenters. The maximum Gasteiger partial charge on any atom is 0.126 e. The second-order valence-electron chi connectivity index (χ2n) is 4.30. The van der Waals surface area contributed by atoms with Crippen molar-refractivity contribution in [2.45, 2.75) is 45.2 Å². The van der Waals surface area contributed by atoms with E-state index < -0.39 is 0 Å². The summed E-state index contributed by atoms with van der Waals surface area (Å²) in [7, 11) is 0. The van der Waals surface area contributed by atoms with Crippen LogP contribution >= 0.6 is 0 Å². The number of aryl methyl sites for hydroxylation is 1. The summed E-state index contributed by atoms with van der Waals surface area (Å²) >= 11 is 0. The fourth-order valence-electron chi connectivity index (χ4n) is 1.70. The van der Waals surface area contributed by atoms with Crippen molar-refractivity contribution in [1.29, 1.82) is 0 Å². The summed E-state index contributed by atoms with van der Waals surface area (Å²) in [5, 5.41) is 3.39. The SMILES string of the molecule is CC[C@@H](N)c1ccc(NC2CC2)nc1C. The highest BCUT2D eigenvalue weighted by molar-refractivity contribution is 5.41. The van der Waals surface area contributed by atoms with Gasteiger partial charge in [-0.25, -0.2) is 4.98 Å². The molecule has 1 aromatic heterocycles. The molecule has 0 amide bonds. The summed E-state index contributed by atoms with van der Waals surface area (Å²) < 4.78 is 0. The van der Waals surface area contributed by atoms with Gasteiger partial charge in [-0.05, 0) is 37.8 Å². The third-order valence-electron chi connectivity index (χ3n) is 2.90. The summed E-state index contributed by atoms with van der Waals surface area (Å²) in [5.74, 6) is 0.988. The maximum atomic E-state index is 6.00. The van der Waals surface area contributed by atoms with Gasteiger partial charge in [0.05, 0.1) is 0 Å². The molecular formula is C12H19N3. The van der Waals surface area contributed by atoms with Gasteiger partial charge in [-0.2, -0.15) is 0 Å². The fourth-order valence-corrected chi connectivity index (χ4v) is 1.70. The van der Waals surface area contributed by atoms with Crippen LogP contribution < -0.4 is 11.1 Å². The Morgan fingerprint density at radius 1 is 1.53 bits per heavy atom. The van der Waals surface area contributed by atoms with Crippen molar-refractivity contribution in [1.82, 2.24) is 4.98 Å². The summed E-state index contributed by atoms with van der Waals surface area (Å²) in [5.41, 5.74) is 8.21. The molecule has 0 radical (unpaired) electrons. The van der Waals surface area contributed by atoms with Gasteiger partial charge in [0.2, 0.25) is 0 Å². The quantitative estimate of drug-likeness (QED) is 0.793. The standard InChI is InChI=1S/C12H19N3/c1-3-11(13)10-6-7-12(14-8(10)2)15-9-4-5-9/h6-7,9,11H,3-5,13H2,1-2H3,(H,14,15)/t11-/m1/s1. The van der Waals surface area contributed by atoms with Crippen molar-refractivity contribution >= 4 is 5.82 Å². The molecule has 1 fully saturated rings. The van der Waals surface area contributed by atoms with Crippen molar-refractivity contribution in [2.24, 2.45) is 5.73 Å². The molecule has 1 saturated carbocycles. The summed E-state index contributed by atoms with van der Waals surface area (Å²) in [6.07, 6.45) is 3.51. The Kier molecular flexibility index (Phi) is 2.91. The van der Waals surface area contributed by atoms with Crippen LogP contribution in [0.1, 0.15) is 43.5 Å². The van der Waals surface area contributed by atoms with Gasteiger partial charge in [0.1, 0.15) is 5.82 Å². The summed E-state index contributed by atoms with van der Waals surface area (Å²) in [4.78, 5) is 4.53. The van der Waals surface area contributed by atoms with Gasteiger partial charge in [-0.3, -0.25) is 0 Å². The lowest BCUT2D eigenvalue weighted by Gasteiger charge is -2.13. The largest absolute Gasteiger partial charge is 0.367 e. The molecule has 2 rings (SSSR count). The molecule has 0 unspecified atom stereocenters. The number of nitrogens with one attached hydrogen (secondary N) is 1. The van der Waals surface area contributed by atoms with E-state index in [-0.39, 0.29) is 6.04 Å². The predicted molar refractivity (Wildman–Crippen MR) is 62.8 cm³/mol. The van der Waals surface area contributed by atoms with Gasteiger partial charge in [-0.1, -0.05) is 13.0 Å². The first-order chi connectivity index (χ1) is 7.20. The highest BCUT2D eigenvalue weighted by atomic mass is 15.0. The van der Waals surface area contributed by atoms with Crippen molar-refractivity contribution < 1.29 is 0 Å². The molecule has 0 bridgehead atoms. The normalized spacial score (nSPS) is 17.5. The molecule has 1 aromatic rings. The van der Waals surface area contributed by atoms with Crippen LogP contribution in [0.25, 0.3) is 0 Å². The minimum Gasteiger partial charge on any atom is -0.367 e. The average Bonchev–Trinajstić information content (AvgIpc) is 3.01. The topological polar surface area (TPSA) is 50.9 Å². The van der Waals surface area contributed by atoms with Crippen LogP contribution in [0.5, 0.6) is 0 Å². The lowest BCUT2D eigenvalue weighted by atomic mass is 10.0. The molecule has 3 N–H and O–H groups in total. The fraction of sp³-hybridized carbons (Fsp3) is 0.583. The van der Waals surface area contributed by atoms with E-state index in [4.69, 9.17) is 5.73 Å². The number of hydrogen-bond donors (Lipinski definition) is 2. The van der Waals surface area contributed by atoms with Gasteiger partial charge in [0, 0.05) is 17.8 Å². The van der Waals surface area contributed by atoms with Crippen LogP contribution in [0.2, 0.25) is 0 Å². The molecule has 1 aliphatic carbocycles. The van der Waals surface area contributed by atoms with Crippen LogP contribution in [0.3, 0.4) is 0 Å². The first-order valence-corrected chi connectivity index (χ1v) is 5.70. The lowest BCUT2D eigenvalue weighted by Crippen LogP contribution is -2.12. The molecular weight excluding hydrogens is 186 g/mol. The zero-order chi connectivity index (χ0) is 10.8. The van der Waals surface area contributed by atoms with Gasteiger partial charge >= 0.3 is 0 Å². The van der Waals surface area contributed by atoms with Gasteiger partial charge in [0.15, 0.2) is 0 Å². The third-order valence-corrected chi connectivity index (χ3v) is 2.90. The van der Waals surface area contributed by atoms with Crippen LogP contribution in [0.4, 0.5) is 5.82 Å². The van der Waals surface area contributed by atoms with E-state index in [0.29, 0.717) is 6.04 Å². The van der Waals surface area contributed by atoms with Crippen molar-refractivity contribution in [3.8, 4) is 0 Å². The van der Waals surface area contributed by atoms with Crippen molar-refractivity contribution in [3.05, 3.63) is 23.4 Å². The number of anilines is 1. The molecule has 0 spiro atoms. The number of nitrogens with zero attached hydrogens (tertiary/aromatic N) is 1. The smallest absolute Gasteiger partial charge is 0.126 e. The molecule has 82 valence electrons. The number of rotatable bonds is 4. The Morgan fingerprint density at radius 3 is 2.80 bits per heavy atom. The Balaban J connectivity index is 2.13. The second-order valence-corrected chi connectivity index (χ2v) is 4.30. The first-order valence-electron chi connectivity index (χ1n) is 5.70. The number of hydrogen-bond acceptors (Lipinski definition) is 3. The van der Waals surface area contributed by atoms with Gasteiger partial charge in [-0.15, -0.1) is 0 Å². The van der Waals surface area contributed by atoms with E-state index in [1.54, 1.807) is 0 Å². The minimum atomic E-state index is 0.118. The molecule has 1 aliphatic rings. The highest BCUT2D eigenvalue weighted by Gasteiger charge is 2.21. The predicted octanol–water partition coefficient (Wildman–Crippen LogP) is 2.37. The van der Waals surface area contributed by atoms with E-state index in [0.717, 1.165) is 17.9 Å². The van der Waals surface area contributed by atoms with Crippen LogP contribution in [0.15, 0.2) is 12.1 Å². The van der Waals surface area contributed by atoms with Crippen molar-refractivity contribution in [3.63, 3.8) is 0 Å². The van der Waals surface area contributed by atoms with Gasteiger partial charge < -0.3 is 11.1 Å². The lowest BCUT2D eigenvalue weighted by molar-refractivity contribution is 0.689. The molecule has 0 saturated heterocycles. The van der Waals surface area contributed by atoms with E-state index in [9.17, 15) is 0 Å². The van der Waals surface area contributed by atoms with Gasteiger partial charge in [0.25, 0.3) is 0 Å². The minimum absolute atomic E-state index is 0.118. The van der Waals surface area contributed by atoms with E-state index in [1.807, 2.05) is 13.0 Å². The first kappa shape index (κ1) is 10.4. The van der Waals surface area contributed by atoms with Crippen LogP contribution in [-0.4, -0.2) is 11.0 Å². The zero-order valence-electron chi connectivity index (χ0n) is 9.46. The Morgan fingerprint density at radius 2 is 2.27 bits per heavy atom. The van der Waals surface area contributed by atoms with E-state index in [1.165, 1.54) is 18.4 Å². The number of aromatic nitrogens is 1. The summed E-state index contributed by atoms with van der Waals surface area (Å²) in [6, 6.07) is 4.91. The number of pyridine rings is 1. The Hall–Kier alpha value is -1.09. The Labute approximate surface area is 91.1 Å². The molecule has 3 heteroatoms. The molecule has 0 aromatic carbocycles. The third kappa shape index (κ3) is 2.48. The molecule has 3 nitrogen and oxygen atoms in total. The average molecular weight is 205 g/mol. The molecule has 1 heterocycles. The van der Waals surface area contributed by atoms with E-state index >= 15 is 0 Å². The van der Waals surface area contributed by atoms with Crippen LogP contribution in [0, 0.1) is 6.92 Å². The second kappa shape index (κ2) is 4.19. The maximum absolute atomic E-state index is 6.00. The zero-order valence-corrected chi connectivity index (χ0v) is 9.46. The molecule has 0 aliphatic heterocycles. The highest BCUT2D eigenvalue weighted by Crippen LogP contribution is 2.25. The van der Waals surface area contributed by atoms with Crippen molar-refractivity contribution in [2.75, 3.05) is 5.32 Å². The van der Waals surface area contributed by atoms with E-state index in [2.05, 4.69) is 23.3 Å². The molecule has 15 heavy (non-hydrogen) atoms. The Bertz CT molecular complexity index is 345. The van der Waals surface area contributed by atoms with Crippen LogP contribution in [-0.2, 0) is 0 Å². The summed E-state index contributed by atoms with van der Waals surface area (Å²) in [6.45, 7) is 4.13. The number of nitrogens with two attached hydrogens (primary N) is 1. The monoisotopic (exact) mass is 205 g/mol.